The number of amides is 1. The molecule has 0 aliphatic heterocycles. The van der Waals surface area contributed by atoms with Crippen molar-refractivity contribution in [2.24, 2.45) is 0 Å². The van der Waals surface area contributed by atoms with E-state index in [1.54, 1.807) is 20.2 Å². The van der Waals surface area contributed by atoms with Crippen LogP contribution in [-0.2, 0) is 16.1 Å². The Morgan fingerprint density at radius 1 is 1.25 bits per heavy atom. The highest BCUT2D eigenvalue weighted by Gasteiger charge is 2.07. The molecule has 7 heteroatoms. The van der Waals surface area contributed by atoms with Crippen LogP contribution in [0.3, 0.4) is 0 Å². The van der Waals surface area contributed by atoms with E-state index in [1.165, 1.54) is 4.90 Å². The minimum Gasteiger partial charge on any atom is -0.374 e. The number of rotatable bonds is 8. The van der Waals surface area contributed by atoms with Gasteiger partial charge in [-0.15, -0.1) is 0 Å². The van der Waals surface area contributed by atoms with Gasteiger partial charge in [-0.2, -0.15) is 0 Å². The highest BCUT2D eigenvalue weighted by Crippen LogP contribution is 2.12. The van der Waals surface area contributed by atoms with E-state index >= 15 is 0 Å². The lowest BCUT2D eigenvalue weighted by atomic mass is 10.4. The highest BCUT2D eigenvalue weighted by atomic mass is 16.5. The Morgan fingerprint density at radius 2 is 1.90 bits per heavy atom. The number of nitrogens with zero attached hydrogens (tertiary/aromatic N) is 3. The lowest BCUT2D eigenvalue weighted by Gasteiger charge is -2.13. The predicted octanol–water partition coefficient (Wildman–Crippen LogP) is 0.945. The van der Waals surface area contributed by atoms with Crippen molar-refractivity contribution < 1.29 is 9.53 Å². The van der Waals surface area contributed by atoms with Gasteiger partial charge in [0.2, 0.25) is 5.91 Å². The molecule has 1 amide bonds. The molecule has 0 atom stereocenters. The smallest absolute Gasteiger partial charge is 0.241 e. The Bertz CT molecular complexity index is 437. The molecule has 0 radical (unpaired) electrons. The zero-order valence-corrected chi connectivity index (χ0v) is 12.6. The number of aromatic nitrogens is 2. The van der Waals surface area contributed by atoms with E-state index in [0.717, 1.165) is 12.4 Å². The second kappa shape index (κ2) is 8.31. The minimum absolute atomic E-state index is 0.0139. The second-order valence-corrected chi connectivity index (χ2v) is 4.36. The van der Waals surface area contributed by atoms with Gasteiger partial charge >= 0.3 is 0 Å². The average molecular weight is 281 g/mol. The highest BCUT2D eigenvalue weighted by molar-refractivity contribution is 5.80. The van der Waals surface area contributed by atoms with E-state index in [4.69, 9.17) is 4.74 Å². The molecule has 2 N–H and O–H groups in total. The van der Waals surface area contributed by atoms with Gasteiger partial charge in [-0.3, -0.25) is 4.79 Å². The predicted molar refractivity (Wildman–Crippen MR) is 78.7 cm³/mol. The van der Waals surface area contributed by atoms with Crippen molar-refractivity contribution in [3.8, 4) is 0 Å². The molecule has 0 aliphatic carbocycles. The van der Waals surface area contributed by atoms with Crippen molar-refractivity contribution in [3.63, 3.8) is 0 Å². The maximum Gasteiger partial charge on any atom is 0.241 e. The second-order valence-electron chi connectivity index (χ2n) is 4.36. The van der Waals surface area contributed by atoms with Gasteiger partial charge in [0.1, 0.15) is 18.2 Å². The fourth-order valence-corrected chi connectivity index (χ4v) is 1.44. The zero-order valence-electron chi connectivity index (χ0n) is 12.6. The van der Waals surface area contributed by atoms with Gasteiger partial charge in [0.15, 0.2) is 5.82 Å². The summed E-state index contributed by atoms with van der Waals surface area (Å²) in [4.78, 5) is 21.8. The molecule has 0 aromatic carbocycles. The van der Waals surface area contributed by atoms with Gasteiger partial charge in [0.25, 0.3) is 0 Å². The monoisotopic (exact) mass is 281 g/mol. The van der Waals surface area contributed by atoms with E-state index in [-0.39, 0.29) is 12.5 Å². The van der Waals surface area contributed by atoms with E-state index in [1.807, 2.05) is 13.8 Å². The van der Waals surface area contributed by atoms with E-state index in [2.05, 4.69) is 20.6 Å². The van der Waals surface area contributed by atoms with Crippen molar-refractivity contribution in [1.29, 1.82) is 0 Å². The summed E-state index contributed by atoms with van der Waals surface area (Å²) in [5, 5.41) is 6.14. The van der Waals surface area contributed by atoms with Gasteiger partial charge in [0.05, 0.1) is 6.54 Å². The number of carbonyl (C=O) groups is 1. The molecule has 20 heavy (non-hydrogen) atoms. The third-order valence-corrected chi connectivity index (χ3v) is 2.49. The minimum atomic E-state index is -0.0139. The van der Waals surface area contributed by atoms with Crippen molar-refractivity contribution in [3.05, 3.63) is 11.9 Å². The first kappa shape index (κ1) is 16.2. The van der Waals surface area contributed by atoms with Crippen LogP contribution in [0.25, 0.3) is 0 Å². The normalized spacial score (nSPS) is 10.2. The molecule has 1 heterocycles. The summed E-state index contributed by atoms with van der Waals surface area (Å²) in [6.07, 6.45) is 0. The quantitative estimate of drug-likeness (QED) is 0.738. The van der Waals surface area contributed by atoms with Crippen LogP contribution in [0.2, 0.25) is 0 Å². The van der Waals surface area contributed by atoms with E-state index in [9.17, 15) is 4.79 Å². The molecule has 0 aliphatic rings. The Hall–Kier alpha value is -1.89. The molecule has 1 aromatic heterocycles. The third-order valence-electron chi connectivity index (χ3n) is 2.49. The van der Waals surface area contributed by atoms with Gasteiger partial charge in [-0.25, -0.2) is 9.97 Å². The number of hydrogen-bond donors (Lipinski definition) is 2. The lowest BCUT2D eigenvalue weighted by molar-refractivity contribution is -0.126. The Labute approximate surface area is 119 Å². The molecular weight excluding hydrogens is 258 g/mol. The van der Waals surface area contributed by atoms with Crippen LogP contribution in [0, 0.1) is 0 Å². The number of likely N-dealkylation sites (N-methyl/N-ethyl adjacent to an activating group) is 1. The Morgan fingerprint density at radius 3 is 2.45 bits per heavy atom. The molecule has 0 spiro atoms. The number of nitrogens with one attached hydrogen (secondary N) is 2. The summed E-state index contributed by atoms with van der Waals surface area (Å²) in [7, 11) is 3.43. The summed E-state index contributed by atoms with van der Waals surface area (Å²) in [5.74, 6) is 1.91. The third kappa shape index (κ3) is 5.40. The topological polar surface area (TPSA) is 79.4 Å². The summed E-state index contributed by atoms with van der Waals surface area (Å²) in [6, 6.07) is 1.78. The fraction of sp³-hybridized carbons (Fsp3) is 0.615. The van der Waals surface area contributed by atoms with Crippen molar-refractivity contribution >= 4 is 17.5 Å². The van der Waals surface area contributed by atoms with Crippen LogP contribution >= 0.6 is 0 Å². The zero-order chi connectivity index (χ0) is 15.0. The van der Waals surface area contributed by atoms with E-state index in [0.29, 0.717) is 24.9 Å². The standard InChI is InChI=1S/C13H23N5O2/c1-5-14-10-7-11(15-8-13(19)18(3)4)17-12(16-10)9-20-6-2/h7H,5-6,8-9H2,1-4H3,(H2,14,15,16,17). The van der Waals surface area contributed by atoms with Crippen LogP contribution in [0.1, 0.15) is 19.7 Å². The van der Waals surface area contributed by atoms with Gasteiger partial charge in [0, 0.05) is 33.3 Å². The molecule has 0 saturated carbocycles. The first-order chi connectivity index (χ1) is 9.56. The molecule has 112 valence electrons. The summed E-state index contributed by atoms with van der Waals surface area (Å²) in [5.41, 5.74) is 0. The first-order valence-corrected chi connectivity index (χ1v) is 6.70. The largest absolute Gasteiger partial charge is 0.374 e. The van der Waals surface area contributed by atoms with Crippen LogP contribution in [0.5, 0.6) is 0 Å². The molecule has 1 rings (SSSR count). The maximum absolute atomic E-state index is 11.6. The van der Waals surface area contributed by atoms with Crippen LogP contribution in [-0.4, -0.2) is 54.6 Å². The summed E-state index contributed by atoms with van der Waals surface area (Å²) < 4.78 is 5.32. The molecule has 0 saturated heterocycles. The SMILES string of the molecule is CCNc1cc(NCC(=O)N(C)C)nc(COCC)n1. The summed E-state index contributed by atoms with van der Waals surface area (Å²) in [6.45, 7) is 5.84. The molecule has 0 bridgehead atoms. The Kier molecular flexibility index (Phi) is 6.72. The molecule has 1 aromatic rings. The van der Waals surface area contributed by atoms with Crippen LogP contribution in [0.4, 0.5) is 11.6 Å². The fourth-order valence-electron chi connectivity index (χ4n) is 1.44. The van der Waals surface area contributed by atoms with E-state index < -0.39 is 0 Å². The number of anilines is 2. The molecule has 0 fully saturated rings. The van der Waals surface area contributed by atoms with Gasteiger partial charge < -0.3 is 20.3 Å². The number of carbonyl (C=O) groups excluding carboxylic acids is 1. The molecule has 0 unspecified atom stereocenters. The van der Waals surface area contributed by atoms with Crippen molar-refractivity contribution in [2.45, 2.75) is 20.5 Å². The van der Waals surface area contributed by atoms with Gasteiger partial charge in [-0.05, 0) is 13.8 Å². The first-order valence-electron chi connectivity index (χ1n) is 6.70. The van der Waals surface area contributed by atoms with Crippen LogP contribution < -0.4 is 10.6 Å². The van der Waals surface area contributed by atoms with Crippen LogP contribution in [0.15, 0.2) is 6.07 Å². The number of ether oxygens (including phenoxy) is 1. The van der Waals surface area contributed by atoms with Crippen molar-refractivity contribution in [2.75, 3.05) is 44.4 Å². The van der Waals surface area contributed by atoms with Gasteiger partial charge in [-0.1, -0.05) is 0 Å². The lowest BCUT2D eigenvalue weighted by Crippen LogP contribution is -2.29. The average Bonchev–Trinajstić information content (AvgIpc) is 2.42. The maximum atomic E-state index is 11.6. The van der Waals surface area contributed by atoms with Crippen molar-refractivity contribution in [1.82, 2.24) is 14.9 Å². The number of hydrogen-bond acceptors (Lipinski definition) is 6. The summed E-state index contributed by atoms with van der Waals surface area (Å²) >= 11 is 0. The Balaban J connectivity index is 2.76. The molecule has 7 nitrogen and oxygen atoms in total. The molecular formula is C13H23N5O2.